The van der Waals surface area contributed by atoms with Crippen molar-refractivity contribution in [1.29, 1.82) is 0 Å². The van der Waals surface area contributed by atoms with Crippen molar-refractivity contribution in [2.75, 3.05) is 0 Å². The summed E-state index contributed by atoms with van der Waals surface area (Å²) in [5, 5.41) is 4.10. The van der Waals surface area contributed by atoms with Crippen LogP contribution in [0.25, 0.3) is 11.3 Å². The minimum absolute atomic E-state index is 0.300. The molecular weight excluding hydrogens is 275 g/mol. The van der Waals surface area contributed by atoms with Gasteiger partial charge in [-0.3, -0.25) is 9.59 Å². The van der Waals surface area contributed by atoms with Gasteiger partial charge >= 0.3 is 0 Å². The third-order valence-corrected chi connectivity index (χ3v) is 3.26. The van der Waals surface area contributed by atoms with E-state index in [0.29, 0.717) is 22.8 Å². The monoisotopic (exact) mass is 286 g/mol. The second-order valence-electron chi connectivity index (χ2n) is 4.74. The van der Waals surface area contributed by atoms with Gasteiger partial charge in [0.2, 0.25) is 5.91 Å². The number of nitrogens with two attached hydrogens (primary N) is 1. The van der Waals surface area contributed by atoms with Crippen molar-refractivity contribution in [2.45, 2.75) is 6.92 Å². The number of rotatable bonds is 2. The summed E-state index contributed by atoms with van der Waals surface area (Å²) in [6.07, 6.45) is 0. The molecule has 2 aromatic rings. The second kappa shape index (κ2) is 4.62. The number of aromatic nitrogens is 2. The number of halogens is 1. The Morgan fingerprint density at radius 2 is 2.14 bits per heavy atom. The lowest BCUT2D eigenvalue weighted by Crippen LogP contribution is -2.40. The number of fused-ring (bicyclic) bond motifs is 1. The normalized spacial score (nSPS) is 17.3. The van der Waals surface area contributed by atoms with Gasteiger partial charge in [-0.25, -0.2) is 9.38 Å². The first-order valence-corrected chi connectivity index (χ1v) is 6.22. The van der Waals surface area contributed by atoms with E-state index in [1.54, 1.807) is 25.1 Å². The Labute approximate surface area is 119 Å². The Bertz CT molecular complexity index is 794. The Kier molecular flexibility index (Phi) is 2.90. The van der Waals surface area contributed by atoms with Gasteiger partial charge in [0.25, 0.3) is 5.91 Å². The maximum atomic E-state index is 13.3. The molecule has 0 fully saturated rings. The second-order valence-corrected chi connectivity index (χ2v) is 4.74. The van der Waals surface area contributed by atoms with E-state index in [4.69, 9.17) is 5.73 Å². The van der Waals surface area contributed by atoms with Crippen molar-refractivity contribution < 1.29 is 14.0 Å². The number of benzene rings is 1. The van der Waals surface area contributed by atoms with Crippen LogP contribution < -0.4 is 5.73 Å². The van der Waals surface area contributed by atoms with E-state index >= 15 is 0 Å². The van der Waals surface area contributed by atoms with Gasteiger partial charge in [0.15, 0.2) is 11.7 Å². The number of aliphatic imine (C=N–C) groups is 1. The highest BCUT2D eigenvalue weighted by Crippen LogP contribution is 2.28. The molecule has 2 heterocycles. The van der Waals surface area contributed by atoms with Crippen LogP contribution in [0.3, 0.4) is 0 Å². The standard InChI is InChI=1S/C14H11FN4O2/c1-7-12(13(16)20)14(21)19-11(17-7)6-10(18-19)8-3-2-4-9(15)5-8/h2-6,12H,1H3,(H2,16,20). The van der Waals surface area contributed by atoms with Crippen LogP contribution in [0, 0.1) is 11.7 Å². The van der Waals surface area contributed by atoms with Crippen LogP contribution in [0.1, 0.15) is 11.7 Å². The predicted octanol–water partition coefficient (Wildman–Crippen LogP) is 1.54. The van der Waals surface area contributed by atoms with Crippen LogP contribution in [0.4, 0.5) is 10.2 Å². The van der Waals surface area contributed by atoms with Gasteiger partial charge in [-0.2, -0.15) is 9.78 Å². The van der Waals surface area contributed by atoms with Crippen molar-refractivity contribution >= 4 is 23.3 Å². The van der Waals surface area contributed by atoms with E-state index in [1.165, 1.54) is 12.1 Å². The summed E-state index contributed by atoms with van der Waals surface area (Å²) in [7, 11) is 0. The van der Waals surface area contributed by atoms with Crippen LogP contribution in [0.15, 0.2) is 35.3 Å². The number of carbonyl (C=O) groups is 2. The van der Waals surface area contributed by atoms with Gasteiger partial charge in [-0.05, 0) is 19.1 Å². The molecule has 1 amide bonds. The summed E-state index contributed by atoms with van der Waals surface area (Å²) in [4.78, 5) is 27.7. The van der Waals surface area contributed by atoms with Crippen LogP contribution in [0.5, 0.6) is 0 Å². The molecule has 21 heavy (non-hydrogen) atoms. The molecule has 0 saturated heterocycles. The number of nitrogens with zero attached hydrogens (tertiary/aromatic N) is 3. The van der Waals surface area contributed by atoms with E-state index in [2.05, 4.69) is 10.1 Å². The molecule has 1 unspecified atom stereocenters. The molecule has 0 spiro atoms. The molecule has 106 valence electrons. The molecule has 0 radical (unpaired) electrons. The highest BCUT2D eigenvalue weighted by molar-refractivity contribution is 6.21. The van der Waals surface area contributed by atoms with Gasteiger partial charge in [0.05, 0.1) is 5.69 Å². The topological polar surface area (TPSA) is 90.3 Å². The molecule has 1 aliphatic rings. The zero-order valence-corrected chi connectivity index (χ0v) is 11.1. The molecule has 0 aliphatic carbocycles. The van der Waals surface area contributed by atoms with E-state index in [1.807, 2.05) is 0 Å². The minimum Gasteiger partial charge on any atom is -0.369 e. The van der Waals surface area contributed by atoms with Crippen LogP contribution in [-0.4, -0.2) is 27.3 Å². The number of carbonyl (C=O) groups excluding carboxylic acids is 2. The summed E-state index contributed by atoms with van der Waals surface area (Å²) >= 11 is 0. The van der Waals surface area contributed by atoms with Crippen molar-refractivity contribution in [2.24, 2.45) is 16.6 Å². The van der Waals surface area contributed by atoms with Gasteiger partial charge in [-0.1, -0.05) is 12.1 Å². The van der Waals surface area contributed by atoms with Crippen molar-refractivity contribution in [3.8, 4) is 11.3 Å². The molecule has 1 aromatic carbocycles. The Morgan fingerprint density at radius 3 is 2.81 bits per heavy atom. The lowest BCUT2D eigenvalue weighted by molar-refractivity contribution is -0.118. The van der Waals surface area contributed by atoms with Crippen LogP contribution in [0.2, 0.25) is 0 Å². The molecule has 3 rings (SSSR count). The molecular formula is C14H11FN4O2. The lowest BCUT2D eigenvalue weighted by Gasteiger charge is -2.17. The molecule has 0 saturated carbocycles. The van der Waals surface area contributed by atoms with Crippen LogP contribution in [-0.2, 0) is 4.79 Å². The fourth-order valence-electron chi connectivity index (χ4n) is 2.28. The first kappa shape index (κ1) is 13.2. The average Bonchev–Trinajstić information content (AvgIpc) is 2.82. The van der Waals surface area contributed by atoms with Gasteiger partial charge in [0.1, 0.15) is 5.82 Å². The Hall–Kier alpha value is -2.83. The molecule has 1 aliphatic heterocycles. The van der Waals surface area contributed by atoms with E-state index in [-0.39, 0.29) is 0 Å². The summed E-state index contributed by atoms with van der Waals surface area (Å²) in [6, 6.07) is 7.40. The molecule has 1 atom stereocenters. The molecule has 2 N–H and O–H groups in total. The van der Waals surface area contributed by atoms with E-state index in [9.17, 15) is 14.0 Å². The van der Waals surface area contributed by atoms with E-state index < -0.39 is 23.5 Å². The summed E-state index contributed by atoms with van der Waals surface area (Å²) in [5.41, 5.74) is 6.46. The number of amides is 1. The maximum absolute atomic E-state index is 13.3. The first-order chi connectivity index (χ1) is 9.97. The fourth-order valence-corrected chi connectivity index (χ4v) is 2.28. The first-order valence-electron chi connectivity index (χ1n) is 6.22. The molecule has 1 aromatic heterocycles. The lowest BCUT2D eigenvalue weighted by atomic mass is 10.0. The highest BCUT2D eigenvalue weighted by atomic mass is 19.1. The Morgan fingerprint density at radius 1 is 1.38 bits per heavy atom. The van der Waals surface area contributed by atoms with Gasteiger partial charge < -0.3 is 5.73 Å². The minimum atomic E-state index is -1.11. The largest absolute Gasteiger partial charge is 0.369 e. The van der Waals surface area contributed by atoms with Crippen molar-refractivity contribution in [3.63, 3.8) is 0 Å². The van der Waals surface area contributed by atoms with E-state index in [0.717, 1.165) is 4.68 Å². The zero-order chi connectivity index (χ0) is 15.1. The molecule has 6 nitrogen and oxygen atoms in total. The average molecular weight is 286 g/mol. The smallest absolute Gasteiger partial charge is 0.267 e. The summed E-state index contributed by atoms with van der Waals surface area (Å²) < 4.78 is 14.3. The van der Waals surface area contributed by atoms with Crippen molar-refractivity contribution in [1.82, 2.24) is 9.78 Å². The third kappa shape index (κ3) is 2.12. The molecule has 7 heteroatoms. The fraction of sp³-hybridized carbons (Fsp3) is 0.143. The predicted molar refractivity (Wildman–Crippen MR) is 73.7 cm³/mol. The summed E-state index contributed by atoms with van der Waals surface area (Å²) in [5.74, 6) is -2.53. The number of hydrogen-bond acceptors (Lipinski definition) is 4. The third-order valence-electron chi connectivity index (χ3n) is 3.26. The maximum Gasteiger partial charge on any atom is 0.267 e. The highest BCUT2D eigenvalue weighted by Gasteiger charge is 2.34. The van der Waals surface area contributed by atoms with Gasteiger partial charge in [0, 0.05) is 17.3 Å². The quantitative estimate of drug-likeness (QED) is 0.849. The van der Waals surface area contributed by atoms with Crippen molar-refractivity contribution in [3.05, 3.63) is 36.1 Å². The SMILES string of the molecule is CC1=Nc2cc(-c3cccc(F)c3)nn2C(=O)C1C(N)=O. The van der Waals surface area contributed by atoms with Crippen LogP contribution >= 0.6 is 0 Å². The molecule has 0 bridgehead atoms. The Balaban J connectivity index is 2.10. The zero-order valence-electron chi connectivity index (χ0n) is 11.1. The van der Waals surface area contributed by atoms with Gasteiger partial charge in [-0.15, -0.1) is 0 Å². The number of primary amides is 1. The number of hydrogen-bond donors (Lipinski definition) is 1. The summed E-state index contributed by atoms with van der Waals surface area (Å²) in [6.45, 7) is 1.56.